The Morgan fingerprint density at radius 2 is 1.75 bits per heavy atom. The molecule has 0 saturated carbocycles. The Morgan fingerprint density at radius 1 is 0.964 bits per heavy atom. The Labute approximate surface area is 163 Å². The van der Waals surface area contributed by atoms with Gasteiger partial charge in [-0.25, -0.2) is 0 Å². The highest BCUT2D eigenvalue weighted by Gasteiger charge is 2.11. The molecule has 7 heteroatoms. The second-order valence-corrected chi connectivity index (χ2v) is 5.96. The van der Waals surface area contributed by atoms with Crippen LogP contribution < -0.4 is 20.1 Å². The molecule has 0 atom stereocenters. The summed E-state index contributed by atoms with van der Waals surface area (Å²) in [4.78, 5) is 12.4. The van der Waals surface area contributed by atoms with Crippen molar-refractivity contribution in [2.45, 2.75) is 13.3 Å². The van der Waals surface area contributed by atoms with Crippen LogP contribution >= 0.6 is 0 Å². The Balaban J connectivity index is 1.70. The van der Waals surface area contributed by atoms with E-state index in [1.165, 1.54) is 12.7 Å². The molecular weight excluding hydrogens is 356 g/mol. The Kier molecular flexibility index (Phi) is 6.06. The van der Waals surface area contributed by atoms with Crippen LogP contribution in [0, 0.1) is 0 Å². The van der Waals surface area contributed by atoms with E-state index in [1.54, 1.807) is 37.4 Å². The van der Waals surface area contributed by atoms with E-state index < -0.39 is 0 Å². The maximum absolute atomic E-state index is 12.4. The van der Waals surface area contributed by atoms with Gasteiger partial charge in [0.2, 0.25) is 0 Å². The molecule has 0 fully saturated rings. The number of benzene rings is 2. The van der Waals surface area contributed by atoms with Crippen molar-refractivity contribution in [3.63, 3.8) is 0 Å². The van der Waals surface area contributed by atoms with Crippen molar-refractivity contribution in [2.24, 2.45) is 0 Å². The zero-order chi connectivity index (χ0) is 19.9. The molecule has 144 valence electrons. The van der Waals surface area contributed by atoms with Gasteiger partial charge in [0.1, 0.15) is 0 Å². The van der Waals surface area contributed by atoms with Crippen LogP contribution in [0.15, 0.2) is 54.6 Å². The molecule has 3 rings (SSSR count). The first-order valence-corrected chi connectivity index (χ1v) is 8.86. The molecular formula is C21H22N4O3. The van der Waals surface area contributed by atoms with Gasteiger partial charge in [-0.3, -0.25) is 4.79 Å². The molecule has 2 aromatic carbocycles. The fourth-order valence-electron chi connectivity index (χ4n) is 2.72. The molecule has 0 saturated heterocycles. The minimum absolute atomic E-state index is 0.212. The molecule has 0 bridgehead atoms. The number of ether oxygens (including phenoxy) is 2. The smallest absolute Gasteiger partial charge is 0.276 e. The van der Waals surface area contributed by atoms with E-state index in [4.69, 9.17) is 9.47 Å². The molecule has 0 spiro atoms. The van der Waals surface area contributed by atoms with Crippen molar-refractivity contribution in [3.05, 3.63) is 65.9 Å². The monoisotopic (exact) mass is 378 g/mol. The van der Waals surface area contributed by atoms with Crippen molar-refractivity contribution in [1.29, 1.82) is 0 Å². The van der Waals surface area contributed by atoms with Crippen molar-refractivity contribution < 1.29 is 14.3 Å². The third-order valence-corrected chi connectivity index (χ3v) is 4.20. The average Bonchev–Trinajstić information content (AvgIpc) is 2.74. The van der Waals surface area contributed by atoms with E-state index in [-0.39, 0.29) is 11.6 Å². The standard InChI is InChI=1S/C21H22N4O3/c1-4-14-7-5-6-8-16(14)23-20-12-10-17(24-25-20)21(26)22-15-9-11-18(27-2)19(13-15)28-3/h5-13H,4H2,1-3H3,(H,22,26)(H,23,25). The van der Waals surface area contributed by atoms with Gasteiger partial charge in [0.15, 0.2) is 23.0 Å². The van der Waals surface area contributed by atoms with Gasteiger partial charge in [-0.1, -0.05) is 25.1 Å². The molecule has 3 aromatic rings. The molecule has 2 N–H and O–H groups in total. The number of carbonyl (C=O) groups is 1. The summed E-state index contributed by atoms with van der Waals surface area (Å²) in [6.07, 6.45) is 0.905. The Hall–Kier alpha value is -3.61. The molecule has 1 aromatic heterocycles. The van der Waals surface area contributed by atoms with Crippen molar-refractivity contribution in [1.82, 2.24) is 10.2 Å². The van der Waals surface area contributed by atoms with Gasteiger partial charge in [-0.2, -0.15) is 0 Å². The van der Waals surface area contributed by atoms with E-state index >= 15 is 0 Å². The second kappa shape index (κ2) is 8.85. The quantitative estimate of drug-likeness (QED) is 0.645. The number of aryl methyl sites for hydroxylation is 1. The van der Waals surface area contributed by atoms with E-state index in [2.05, 4.69) is 33.8 Å². The highest BCUT2D eigenvalue weighted by molar-refractivity contribution is 6.03. The lowest BCUT2D eigenvalue weighted by Gasteiger charge is -2.11. The summed E-state index contributed by atoms with van der Waals surface area (Å²) >= 11 is 0. The van der Waals surface area contributed by atoms with Crippen LogP contribution in [0.4, 0.5) is 17.2 Å². The van der Waals surface area contributed by atoms with Crippen molar-refractivity contribution in [2.75, 3.05) is 24.9 Å². The molecule has 7 nitrogen and oxygen atoms in total. The summed E-state index contributed by atoms with van der Waals surface area (Å²) in [6, 6.07) is 16.5. The molecule has 28 heavy (non-hydrogen) atoms. The van der Waals surface area contributed by atoms with Crippen molar-refractivity contribution >= 4 is 23.1 Å². The first-order valence-electron chi connectivity index (χ1n) is 8.86. The van der Waals surface area contributed by atoms with Gasteiger partial charge in [-0.15, -0.1) is 10.2 Å². The number of aromatic nitrogens is 2. The largest absolute Gasteiger partial charge is 0.493 e. The first kappa shape index (κ1) is 19.2. The molecule has 0 unspecified atom stereocenters. The Morgan fingerprint density at radius 3 is 2.43 bits per heavy atom. The lowest BCUT2D eigenvalue weighted by molar-refractivity contribution is 0.102. The van der Waals surface area contributed by atoms with Gasteiger partial charge in [0.25, 0.3) is 5.91 Å². The molecule has 0 aliphatic rings. The van der Waals surface area contributed by atoms with Crippen LogP contribution in [0.3, 0.4) is 0 Å². The zero-order valence-electron chi connectivity index (χ0n) is 16.0. The third kappa shape index (κ3) is 4.37. The van der Waals surface area contributed by atoms with Crippen molar-refractivity contribution in [3.8, 4) is 11.5 Å². The molecule has 0 aliphatic carbocycles. The molecule has 1 heterocycles. The lowest BCUT2D eigenvalue weighted by Crippen LogP contribution is -2.14. The van der Waals surface area contributed by atoms with Crippen LogP contribution in [0.1, 0.15) is 23.0 Å². The number of carbonyl (C=O) groups excluding carboxylic acids is 1. The number of hydrogen-bond acceptors (Lipinski definition) is 6. The van der Waals surface area contributed by atoms with E-state index in [0.29, 0.717) is 23.0 Å². The van der Waals surface area contributed by atoms with E-state index in [1.807, 2.05) is 18.2 Å². The van der Waals surface area contributed by atoms with Gasteiger partial charge in [-0.05, 0) is 42.3 Å². The number of rotatable bonds is 7. The van der Waals surface area contributed by atoms with Crippen LogP contribution in [-0.4, -0.2) is 30.3 Å². The SMILES string of the molecule is CCc1ccccc1Nc1ccc(C(=O)Nc2ccc(OC)c(OC)c2)nn1. The topological polar surface area (TPSA) is 85.4 Å². The summed E-state index contributed by atoms with van der Waals surface area (Å²) in [5.74, 6) is 1.33. The third-order valence-electron chi connectivity index (χ3n) is 4.20. The maximum Gasteiger partial charge on any atom is 0.276 e. The number of hydrogen-bond donors (Lipinski definition) is 2. The van der Waals surface area contributed by atoms with Gasteiger partial charge in [0, 0.05) is 17.4 Å². The second-order valence-electron chi connectivity index (χ2n) is 5.96. The van der Waals surface area contributed by atoms with Crippen LogP contribution in [0.5, 0.6) is 11.5 Å². The number of nitrogens with one attached hydrogen (secondary N) is 2. The Bertz CT molecular complexity index is 958. The van der Waals surface area contributed by atoms with Gasteiger partial charge < -0.3 is 20.1 Å². The fourth-order valence-corrected chi connectivity index (χ4v) is 2.72. The summed E-state index contributed by atoms with van der Waals surface area (Å²) in [5, 5.41) is 14.1. The summed E-state index contributed by atoms with van der Waals surface area (Å²) in [6.45, 7) is 2.09. The zero-order valence-corrected chi connectivity index (χ0v) is 16.0. The number of anilines is 3. The molecule has 0 radical (unpaired) electrons. The number of methoxy groups -OCH3 is 2. The van der Waals surface area contributed by atoms with Crippen LogP contribution in [0.2, 0.25) is 0 Å². The number of para-hydroxylation sites is 1. The lowest BCUT2D eigenvalue weighted by atomic mass is 10.1. The summed E-state index contributed by atoms with van der Waals surface area (Å²) in [5.41, 5.74) is 2.94. The number of amides is 1. The molecule has 0 aliphatic heterocycles. The van der Waals surface area contributed by atoms with E-state index in [0.717, 1.165) is 12.1 Å². The minimum atomic E-state index is -0.361. The highest BCUT2D eigenvalue weighted by atomic mass is 16.5. The first-order chi connectivity index (χ1) is 13.6. The van der Waals surface area contributed by atoms with E-state index in [9.17, 15) is 4.79 Å². The maximum atomic E-state index is 12.4. The van der Waals surface area contributed by atoms with Crippen LogP contribution in [-0.2, 0) is 6.42 Å². The molecule has 1 amide bonds. The summed E-state index contributed by atoms with van der Waals surface area (Å²) in [7, 11) is 3.09. The fraction of sp³-hybridized carbons (Fsp3) is 0.190. The predicted molar refractivity (Wildman–Crippen MR) is 109 cm³/mol. The van der Waals surface area contributed by atoms with Gasteiger partial charge >= 0.3 is 0 Å². The normalized spacial score (nSPS) is 10.2. The van der Waals surface area contributed by atoms with Crippen LogP contribution in [0.25, 0.3) is 0 Å². The highest BCUT2D eigenvalue weighted by Crippen LogP contribution is 2.29. The minimum Gasteiger partial charge on any atom is -0.493 e. The average molecular weight is 378 g/mol. The number of nitrogens with zero attached hydrogens (tertiary/aromatic N) is 2. The van der Waals surface area contributed by atoms with Gasteiger partial charge in [0.05, 0.1) is 14.2 Å². The predicted octanol–water partition coefficient (Wildman–Crippen LogP) is 4.05. The summed E-state index contributed by atoms with van der Waals surface area (Å²) < 4.78 is 10.4.